The first-order valence-electron chi connectivity index (χ1n) is 5.60. The lowest BCUT2D eigenvalue weighted by molar-refractivity contribution is 0.513. The van der Waals surface area contributed by atoms with Gasteiger partial charge in [-0.15, -0.1) is 0 Å². The van der Waals surface area contributed by atoms with Crippen LogP contribution in [0.4, 0.5) is 0 Å². The Morgan fingerprint density at radius 3 is 1.39 bits per heavy atom. The maximum absolute atomic E-state index is 5.56. The predicted molar refractivity (Wildman–Crippen MR) is 77.9 cm³/mol. The van der Waals surface area contributed by atoms with E-state index in [1.807, 2.05) is 62.4 Å². The molecule has 0 heterocycles. The molecular weight excluding hydrogens is 263 g/mol. The molecule has 2 nitrogen and oxygen atoms in total. The van der Waals surface area contributed by atoms with E-state index in [9.17, 15) is 0 Å². The molecule has 4 heteroatoms. The number of hydrogen-bond donors (Lipinski definition) is 0. The molecule has 2 aromatic rings. The van der Waals surface area contributed by atoms with Crippen LogP contribution in [0.1, 0.15) is 11.1 Å². The van der Waals surface area contributed by atoms with Crippen LogP contribution in [0.25, 0.3) is 0 Å². The van der Waals surface area contributed by atoms with E-state index >= 15 is 0 Å². The first kappa shape index (κ1) is 13.0. The van der Waals surface area contributed by atoms with E-state index < -0.39 is 7.15 Å². The lowest BCUT2D eigenvalue weighted by Crippen LogP contribution is -1.88. The van der Waals surface area contributed by atoms with Gasteiger partial charge in [0, 0.05) is 0 Å². The normalized spacial score (nSPS) is 9.89. The molecule has 2 aromatic carbocycles. The molecule has 0 fully saturated rings. The minimum absolute atomic E-state index is 0.744. The molecule has 92 valence electrons. The number of hydrogen-bond acceptors (Lipinski definition) is 3. The van der Waals surface area contributed by atoms with Gasteiger partial charge in [0.05, 0.1) is 0 Å². The Bertz CT molecular complexity index is 485. The molecule has 18 heavy (non-hydrogen) atoms. The Labute approximate surface area is 113 Å². The summed E-state index contributed by atoms with van der Waals surface area (Å²) in [5, 5.41) is 0. The molecule has 0 saturated carbocycles. The van der Waals surface area contributed by atoms with E-state index in [4.69, 9.17) is 20.9 Å². The van der Waals surface area contributed by atoms with Crippen LogP contribution in [0.15, 0.2) is 48.5 Å². The molecule has 0 spiro atoms. The fraction of sp³-hybridized carbons (Fsp3) is 0.143. The van der Waals surface area contributed by atoms with E-state index in [0.717, 1.165) is 11.5 Å². The molecular formula is C14H14O2PS+. The molecule has 0 radical (unpaired) electrons. The summed E-state index contributed by atoms with van der Waals surface area (Å²) in [7, 11) is -1.37. The fourth-order valence-electron chi connectivity index (χ4n) is 1.39. The third-order valence-corrected chi connectivity index (χ3v) is 3.57. The van der Waals surface area contributed by atoms with Gasteiger partial charge in [-0.1, -0.05) is 35.4 Å². The minimum atomic E-state index is -1.37. The zero-order valence-corrected chi connectivity index (χ0v) is 12.0. The highest BCUT2D eigenvalue weighted by Gasteiger charge is 2.17. The minimum Gasteiger partial charge on any atom is -0.243 e. The highest BCUT2D eigenvalue weighted by Crippen LogP contribution is 2.30. The average Bonchev–Trinajstić information content (AvgIpc) is 2.35. The van der Waals surface area contributed by atoms with Gasteiger partial charge >= 0.3 is 7.15 Å². The van der Waals surface area contributed by atoms with E-state index in [1.165, 1.54) is 11.1 Å². The lowest BCUT2D eigenvalue weighted by Gasteiger charge is -1.97. The van der Waals surface area contributed by atoms with Crippen molar-refractivity contribution < 1.29 is 9.05 Å². The van der Waals surface area contributed by atoms with Crippen LogP contribution in [0.3, 0.4) is 0 Å². The fourth-order valence-corrected chi connectivity index (χ4v) is 2.53. The van der Waals surface area contributed by atoms with Gasteiger partial charge in [0.15, 0.2) is 11.5 Å². The number of rotatable bonds is 4. The summed E-state index contributed by atoms with van der Waals surface area (Å²) >= 11 is 5.19. The third kappa shape index (κ3) is 3.80. The molecule has 0 amide bonds. The second-order valence-electron chi connectivity index (χ2n) is 4.03. The summed E-state index contributed by atoms with van der Waals surface area (Å²) in [6, 6.07) is 15.5. The number of aryl methyl sites for hydroxylation is 2. The van der Waals surface area contributed by atoms with Crippen molar-refractivity contribution in [3.8, 4) is 11.5 Å². The van der Waals surface area contributed by atoms with Crippen LogP contribution in [-0.2, 0) is 11.8 Å². The maximum atomic E-state index is 5.56. The van der Waals surface area contributed by atoms with E-state index in [-0.39, 0.29) is 0 Å². The van der Waals surface area contributed by atoms with Crippen LogP contribution in [0.2, 0.25) is 0 Å². The molecule has 0 aromatic heterocycles. The van der Waals surface area contributed by atoms with Crippen molar-refractivity contribution >= 4 is 19.0 Å². The molecule has 0 unspecified atom stereocenters. The van der Waals surface area contributed by atoms with Gasteiger partial charge in [-0.05, 0) is 38.1 Å². The molecule has 0 bridgehead atoms. The van der Waals surface area contributed by atoms with E-state index in [1.54, 1.807) is 0 Å². The summed E-state index contributed by atoms with van der Waals surface area (Å²) in [6.45, 7) is 4.06. The predicted octanol–water partition coefficient (Wildman–Crippen LogP) is 4.54. The zero-order valence-electron chi connectivity index (χ0n) is 10.3. The van der Waals surface area contributed by atoms with Crippen LogP contribution < -0.4 is 9.05 Å². The van der Waals surface area contributed by atoms with E-state index in [2.05, 4.69) is 0 Å². The van der Waals surface area contributed by atoms with Crippen LogP contribution >= 0.6 is 7.15 Å². The largest absolute Gasteiger partial charge is 0.626 e. The number of benzene rings is 2. The van der Waals surface area contributed by atoms with Crippen molar-refractivity contribution in [1.29, 1.82) is 0 Å². The first-order valence-corrected chi connectivity index (χ1v) is 7.79. The molecule has 0 saturated heterocycles. The Morgan fingerprint density at radius 1 is 0.722 bits per heavy atom. The quantitative estimate of drug-likeness (QED) is 0.765. The molecule has 0 atom stereocenters. The van der Waals surface area contributed by atoms with Crippen molar-refractivity contribution in [3.63, 3.8) is 0 Å². The monoisotopic (exact) mass is 277 g/mol. The third-order valence-electron chi connectivity index (χ3n) is 2.40. The van der Waals surface area contributed by atoms with Gasteiger partial charge < -0.3 is 0 Å². The Balaban J connectivity index is 1.96. The molecule has 2 rings (SSSR count). The van der Waals surface area contributed by atoms with Gasteiger partial charge in [0.2, 0.25) is 0 Å². The van der Waals surface area contributed by atoms with Gasteiger partial charge in [-0.3, -0.25) is 0 Å². The van der Waals surface area contributed by atoms with Crippen molar-refractivity contribution in [2.24, 2.45) is 0 Å². The second kappa shape index (κ2) is 5.94. The summed E-state index contributed by atoms with van der Waals surface area (Å²) < 4.78 is 11.1. The molecule has 0 aliphatic rings. The second-order valence-corrected chi connectivity index (χ2v) is 5.74. The highest BCUT2D eigenvalue weighted by atomic mass is 32.4. The lowest BCUT2D eigenvalue weighted by atomic mass is 10.2. The maximum Gasteiger partial charge on any atom is 0.626 e. The summed E-state index contributed by atoms with van der Waals surface area (Å²) in [5.41, 5.74) is 2.38. The molecule has 0 aliphatic carbocycles. The van der Waals surface area contributed by atoms with Gasteiger partial charge in [-0.2, -0.15) is 0 Å². The summed E-state index contributed by atoms with van der Waals surface area (Å²) in [4.78, 5) is 0. The average molecular weight is 277 g/mol. The van der Waals surface area contributed by atoms with Gasteiger partial charge in [-0.25, -0.2) is 9.05 Å². The topological polar surface area (TPSA) is 18.5 Å². The van der Waals surface area contributed by atoms with Crippen molar-refractivity contribution in [3.05, 3.63) is 59.7 Å². The zero-order chi connectivity index (χ0) is 13.0. The van der Waals surface area contributed by atoms with Crippen molar-refractivity contribution in [1.82, 2.24) is 0 Å². The highest BCUT2D eigenvalue weighted by molar-refractivity contribution is 8.01. The van der Waals surface area contributed by atoms with Gasteiger partial charge in [0.1, 0.15) is 0 Å². The summed E-state index contributed by atoms with van der Waals surface area (Å²) in [6.07, 6.45) is 0. The molecule has 0 aliphatic heterocycles. The first-order chi connectivity index (χ1) is 8.63. The Kier molecular flexibility index (Phi) is 4.29. The smallest absolute Gasteiger partial charge is 0.243 e. The Hall–Kier alpha value is -1.44. The summed E-state index contributed by atoms with van der Waals surface area (Å²) in [5.74, 6) is 1.49. The SMILES string of the molecule is Cc1ccc(O[P+](=S)Oc2ccc(C)cc2)cc1. The Morgan fingerprint density at radius 2 is 1.06 bits per heavy atom. The molecule has 0 N–H and O–H groups in total. The van der Waals surface area contributed by atoms with Crippen LogP contribution in [0.5, 0.6) is 11.5 Å². The van der Waals surface area contributed by atoms with Crippen LogP contribution in [0, 0.1) is 13.8 Å². The van der Waals surface area contributed by atoms with E-state index in [0.29, 0.717) is 0 Å². The standard InChI is InChI=1S/C14H14O2PS/c1-11-3-7-13(8-4-11)15-17(18)16-14-9-5-12(2)6-10-14/h3-10H,1-2H3/q+1. The van der Waals surface area contributed by atoms with Crippen molar-refractivity contribution in [2.75, 3.05) is 0 Å². The van der Waals surface area contributed by atoms with Crippen molar-refractivity contribution in [2.45, 2.75) is 13.8 Å². The van der Waals surface area contributed by atoms with Crippen LogP contribution in [-0.4, -0.2) is 0 Å². The van der Waals surface area contributed by atoms with Gasteiger partial charge in [0.25, 0.3) is 11.8 Å².